The number of rotatable bonds is 4. The van der Waals surface area contributed by atoms with Gasteiger partial charge in [0.15, 0.2) is 5.60 Å². The van der Waals surface area contributed by atoms with Gasteiger partial charge in [-0.2, -0.15) is 10.5 Å². The van der Waals surface area contributed by atoms with E-state index < -0.39 is 23.4 Å². The van der Waals surface area contributed by atoms with Crippen LogP contribution in [0.5, 0.6) is 11.5 Å². The molecule has 0 radical (unpaired) electrons. The number of nitrogens with zero attached hydrogens (tertiary/aromatic N) is 4. The van der Waals surface area contributed by atoms with Crippen LogP contribution in [0, 0.1) is 22.7 Å². The first-order valence-electron chi connectivity index (χ1n) is 14.9. The minimum Gasteiger partial charge on any atom is -0.456 e. The Bertz CT molecular complexity index is 2310. The van der Waals surface area contributed by atoms with E-state index in [9.17, 15) is 15.3 Å². The fourth-order valence-electron chi connectivity index (χ4n) is 6.64. The minimum absolute atomic E-state index is 0.429. The highest BCUT2D eigenvalue weighted by molar-refractivity contribution is 7.19. The number of carbonyl (C=O) groups is 1. The lowest BCUT2D eigenvalue weighted by molar-refractivity contribution is 0.0224. The molecule has 5 aromatic carbocycles. The molecule has 0 aliphatic carbocycles. The molecule has 0 bridgehead atoms. The van der Waals surface area contributed by atoms with Gasteiger partial charge in [0.25, 0.3) is 0 Å². The maximum absolute atomic E-state index is 13.4. The number of nitriles is 2. The Balaban J connectivity index is 1.21. The van der Waals surface area contributed by atoms with Gasteiger partial charge in [0.1, 0.15) is 33.4 Å². The number of aromatic nitrogens is 2. The number of carbonyl (C=O) groups excluding carboxylic acids is 1. The van der Waals surface area contributed by atoms with Gasteiger partial charge in [-0.25, -0.2) is 14.8 Å². The van der Waals surface area contributed by atoms with Gasteiger partial charge in [-0.05, 0) is 53.6 Å². The maximum Gasteiger partial charge on any atom is 0.340 e. The second-order valence-electron chi connectivity index (χ2n) is 11.4. The largest absolute Gasteiger partial charge is 0.456 e. The van der Waals surface area contributed by atoms with Gasteiger partial charge in [-0.15, -0.1) is 22.7 Å². The molecule has 0 saturated heterocycles. The lowest BCUT2D eigenvalue weighted by Gasteiger charge is -2.37. The maximum atomic E-state index is 13.4. The predicted octanol–water partition coefficient (Wildman–Crippen LogP) is 8.78. The molecule has 7 nitrogen and oxygen atoms in total. The number of thiazole rings is 2. The molecule has 2 aliphatic rings. The van der Waals surface area contributed by atoms with Crippen LogP contribution in [-0.4, -0.2) is 15.9 Å². The first-order chi connectivity index (χ1) is 23.1. The molecule has 222 valence electrons. The van der Waals surface area contributed by atoms with E-state index in [1.165, 1.54) is 22.7 Å². The molecule has 9 rings (SSSR count). The third-order valence-corrected chi connectivity index (χ3v) is 11.0. The fraction of sp³-hybridized carbons (Fsp3) is 0.0789. The Morgan fingerprint density at radius 1 is 0.638 bits per heavy atom. The molecule has 2 atom stereocenters. The Labute approximate surface area is 276 Å². The van der Waals surface area contributed by atoms with Crippen LogP contribution in [0.1, 0.15) is 60.0 Å². The van der Waals surface area contributed by atoms with Gasteiger partial charge in [-0.1, -0.05) is 66.7 Å². The molecular weight excluding hydrogens is 625 g/mol. The molecule has 47 heavy (non-hydrogen) atoms. The van der Waals surface area contributed by atoms with Gasteiger partial charge in [0.05, 0.1) is 38.1 Å². The van der Waals surface area contributed by atoms with Crippen LogP contribution in [-0.2, 0) is 10.3 Å². The number of ether oxygens (including phenoxy) is 2. The number of hydrogen-bond acceptors (Lipinski definition) is 9. The van der Waals surface area contributed by atoms with Crippen molar-refractivity contribution in [3.05, 3.63) is 153 Å². The fourth-order valence-corrected chi connectivity index (χ4v) is 8.72. The summed E-state index contributed by atoms with van der Waals surface area (Å²) in [5.74, 6) is -0.768. The van der Waals surface area contributed by atoms with E-state index in [1.54, 1.807) is 6.07 Å². The second kappa shape index (κ2) is 10.3. The van der Waals surface area contributed by atoms with E-state index in [2.05, 4.69) is 12.1 Å². The van der Waals surface area contributed by atoms with Crippen LogP contribution in [0.4, 0.5) is 0 Å². The molecule has 1 spiro atoms. The molecule has 9 heteroatoms. The molecule has 0 amide bonds. The van der Waals surface area contributed by atoms with E-state index in [4.69, 9.17) is 19.4 Å². The predicted molar refractivity (Wildman–Crippen MR) is 179 cm³/mol. The molecule has 7 aromatic rings. The van der Waals surface area contributed by atoms with Crippen molar-refractivity contribution in [2.75, 3.05) is 0 Å². The monoisotopic (exact) mass is 644 g/mol. The molecule has 0 saturated carbocycles. The average molecular weight is 645 g/mol. The van der Waals surface area contributed by atoms with E-state index >= 15 is 0 Å². The number of fused-ring (bicyclic) bond motifs is 8. The number of benzene rings is 5. The standard InChI is InChI=1S/C38H20N4O3S2/c39-19-24(35-41-29-9-3-5-11-33(29)46-35)21-13-15-27-31(17-21)44-32-18-22(25(20-40)36-42-30-10-4-6-12-34(30)47-36)14-16-28(32)38(27)26-8-2-1-7-23(26)37(43)45-38/h1-18,24-25H. The van der Waals surface area contributed by atoms with Crippen molar-refractivity contribution in [2.24, 2.45) is 0 Å². The van der Waals surface area contributed by atoms with Crippen molar-refractivity contribution in [1.29, 1.82) is 10.5 Å². The summed E-state index contributed by atoms with van der Waals surface area (Å²) in [5.41, 5.74) is 4.34. The summed E-state index contributed by atoms with van der Waals surface area (Å²) in [5, 5.41) is 22.1. The van der Waals surface area contributed by atoms with Crippen molar-refractivity contribution in [1.82, 2.24) is 9.97 Å². The van der Waals surface area contributed by atoms with Crippen LogP contribution in [0.3, 0.4) is 0 Å². The quantitative estimate of drug-likeness (QED) is 0.176. The first kappa shape index (κ1) is 27.4. The number of esters is 1. The van der Waals surface area contributed by atoms with Crippen molar-refractivity contribution in [3.8, 4) is 23.6 Å². The molecular formula is C38H20N4O3S2. The SMILES string of the molecule is N#CC(c1ccc2c(c1)Oc1cc(C(C#N)c3nc4ccccc4s3)ccc1C21OC(=O)c2ccccc21)c1nc2ccccc2s1. The highest BCUT2D eigenvalue weighted by Crippen LogP contribution is 2.57. The summed E-state index contributed by atoms with van der Waals surface area (Å²) < 4.78 is 15.0. The Morgan fingerprint density at radius 2 is 1.15 bits per heavy atom. The lowest BCUT2D eigenvalue weighted by atomic mass is 9.76. The summed E-state index contributed by atoms with van der Waals surface area (Å²) in [6, 6.07) is 39.1. The van der Waals surface area contributed by atoms with Gasteiger partial charge < -0.3 is 9.47 Å². The van der Waals surface area contributed by atoms with Crippen molar-refractivity contribution in [3.63, 3.8) is 0 Å². The summed E-state index contributed by atoms with van der Waals surface area (Å²) >= 11 is 2.98. The molecule has 2 unspecified atom stereocenters. The summed E-state index contributed by atoms with van der Waals surface area (Å²) in [7, 11) is 0. The van der Waals surface area contributed by atoms with E-state index in [0.717, 1.165) is 20.4 Å². The zero-order valence-electron chi connectivity index (χ0n) is 24.4. The first-order valence-corrected chi connectivity index (χ1v) is 16.5. The Morgan fingerprint density at radius 3 is 1.68 bits per heavy atom. The topological polar surface area (TPSA) is 109 Å². The molecule has 2 aromatic heterocycles. The summed E-state index contributed by atoms with van der Waals surface area (Å²) in [6.45, 7) is 0. The summed E-state index contributed by atoms with van der Waals surface area (Å²) in [6.07, 6.45) is 0. The van der Waals surface area contributed by atoms with Crippen LogP contribution >= 0.6 is 22.7 Å². The third-order valence-electron chi connectivity index (χ3n) is 8.80. The van der Waals surface area contributed by atoms with Crippen LogP contribution in [0.25, 0.3) is 20.4 Å². The highest BCUT2D eigenvalue weighted by Gasteiger charge is 2.53. The minimum atomic E-state index is -1.27. The van der Waals surface area contributed by atoms with Crippen molar-refractivity contribution >= 4 is 49.1 Å². The second-order valence-corrected chi connectivity index (χ2v) is 13.5. The van der Waals surface area contributed by atoms with Crippen LogP contribution in [0.2, 0.25) is 0 Å². The van der Waals surface area contributed by atoms with E-state index in [1.807, 2.05) is 103 Å². The molecule has 4 heterocycles. The molecule has 0 fully saturated rings. The molecule has 2 aliphatic heterocycles. The van der Waals surface area contributed by atoms with Crippen molar-refractivity contribution in [2.45, 2.75) is 17.4 Å². The average Bonchev–Trinajstić information content (AvgIpc) is 3.80. The Kier molecular flexibility index (Phi) is 6.03. The molecule has 0 N–H and O–H groups in total. The van der Waals surface area contributed by atoms with Gasteiger partial charge >= 0.3 is 5.97 Å². The lowest BCUT2D eigenvalue weighted by Crippen LogP contribution is -2.33. The van der Waals surface area contributed by atoms with Gasteiger partial charge in [0.2, 0.25) is 0 Å². The highest BCUT2D eigenvalue weighted by atomic mass is 32.1. The van der Waals surface area contributed by atoms with E-state index in [-0.39, 0.29) is 0 Å². The third kappa shape index (κ3) is 4.04. The summed E-state index contributed by atoms with van der Waals surface area (Å²) in [4.78, 5) is 22.9. The Hall–Kier alpha value is -5.87. The van der Waals surface area contributed by atoms with Gasteiger partial charge in [-0.3, -0.25) is 0 Å². The van der Waals surface area contributed by atoms with Crippen molar-refractivity contribution < 1.29 is 14.3 Å². The smallest absolute Gasteiger partial charge is 0.340 e. The van der Waals surface area contributed by atoms with E-state index in [0.29, 0.717) is 54.9 Å². The number of hydrogen-bond donors (Lipinski definition) is 0. The zero-order chi connectivity index (χ0) is 31.7. The zero-order valence-corrected chi connectivity index (χ0v) is 26.0. The van der Waals surface area contributed by atoms with Crippen LogP contribution < -0.4 is 4.74 Å². The normalized spacial score (nSPS) is 17.2. The number of para-hydroxylation sites is 2. The van der Waals surface area contributed by atoms with Gasteiger partial charge in [0, 0.05) is 16.7 Å². The van der Waals surface area contributed by atoms with Crippen LogP contribution in [0.15, 0.2) is 109 Å².